The fourth-order valence-corrected chi connectivity index (χ4v) is 1.59. The van der Waals surface area contributed by atoms with E-state index in [1.54, 1.807) is 4.57 Å². The molecular formula is C13H22N2O. The van der Waals surface area contributed by atoms with Crippen molar-refractivity contribution < 1.29 is 0 Å². The maximum atomic E-state index is 12.0. The summed E-state index contributed by atoms with van der Waals surface area (Å²) in [5.74, 6) is 0.607. The van der Waals surface area contributed by atoms with Crippen molar-refractivity contribution in [1.29, 1.82) is 0 Å². The molecule has 0 fully saturated rings. The molecule has 0 aliphatic carbocycles. The predicted molar refractivity (Wildman–Crippen MR) is 67.6 cm³/mol. The van der Waals surface area contributed by atoms with Crippen LogP contribution in [0.5, 0.6) is 0 Å². The van der Waals surface area contributed by atoms with Crippen LogP contribution < -0.4 is 10.9 Å². The molecule has 0 aromatic carbocycles. The van der Waals surface area contributed by atoms with Gasteiger partial charge in [0.25, 0.3) is 5.56 Å². The van der Waals surface area contributed by atoms with Crippen molar-refractivity contribution in [3.63, 3.8) is 0 Å². The third-order valence-corrected chi connectivity index (χ3v) is 2.48. The van der Waals surface area contributed by atoms with Crippen molar-refractivity contribution in [2.75, 3.05) is 6.54 Å². The van der Waals surface area contributed by atoms with E-state index in [9.17, 15) is 4.79 Å². The lowest BCUT2D eigenvalue weighted by molar-refractivity contribution is 0.538. The summed E-state index contributed by atoms with van der Waals surface area (Å²) in [5, 5.41) is 3.29. The van der Waals surface area contributed by atoms with Crippen molar-refractivity contribution in [2.45, 2.75) is 40.3 Å². The Morgan fingerprint density at radius 2 is 2.00 bits per heavy atom. The highest BCUT2D eigenvalue weighted by Gasteiger charge is 2.05. The molecule has 0 saturated carbocycles. The Balaban J connectivity index is 2.74. The summed E-state index contributed by atoms with van der Waals surface area (Å²) in [4.78, 5) is 12.0. The SMILES string of the molecule is CC(C)CNCc1cccn(C(C)C)c1=O. The minimum atomic E-state index is 0.119. The predicted octanol–water partition coefficient (Wildman–Crippen LogP) is 2.17. The fourth-order valence-electron chi connectivity index (χ4n) is 1.59. The molecule has 0 atom stereocenters. The lowest BCUT2D eigenvalue weighted by Crippen LogP contribution is -2.29. The molecule has 0 saturated heterocycles. The first-order valence-corrected chi connectivity index (χ1v) is 5.93. The molecule has 0 aliphatic heterocycles. The number of aromatic nitrogens is 1. The molecule has 1 heterocycles. The molecular weight excluding hydrogens is 200 g/mol. The monoisotopic (exact) mass is 222 g/mol. The maximum Gasteiger partial charge on any atom is 0.255 e. The van der Waals surface area contributed by atoms with Gasteiger partial charge in [-0.2, -0.15) is 0 Å². The number of hydrogen-bond acceptors (Lipinski definition) is 2. The van der Waals surface area contributed by atoms with Gasteiger partial charge in [-0.25, -0.2) is 0 Å². The lowest BCUT2D eigenvalue weighted by Gasteiger charge is -2.12. The van der Waals surface area contributed by atoms with Crippen molar-refractivity contribution in [3.05, 3.63) is 34.2 Å². The van der Waals surface area contributed by atoms with Crippen LogP contribution in [0.15, 0.2) is 23.1 Å². The van der Waals surface area contributed by atoms with Gasteiger partial charge in [0, 0.05) is 24.3 Å². The molecule has 3 nitrogen and oxygen atoms in total. The topological polar surface area (TPSA) is 34.0 Å². The van der Waals surface area contributed by atoms with Crippen LogP contribution in [0.2, 0.25) is 0 Å². The zero-order valence-electron chi connectivity index (χ0n) is 10.7. The third-order valence-electron chi connectivity index (χ3n) is 2.48. The normalized spacial score (nSPS) is 11.4. The van der Waals surface area contributed by atoms with E-state index < -0.39 is 0 Å². The molecule has 16 heavy (non-hydrogen) atoms. The average Bonchev–Trinajstić information content (AvgIpc) is 2.19. The number of pyridine rings is 1. The van der Waals surface area contributed by atoms with E-state index in [1.807, 2.05) is 32.2 Å². The summed E-state index contributed by atoms with van der Waals surface area (Å²) in [6, 6.07) is 4.06. The van der Waals surface area contributed by atoms with Gasteiger partial charge in [0.15, 0.2) is 0 Å². The van der Waals surface area contributed by atoms with Crippen molar-refractivity contribution in [1.82, 2.24) is 9.88 Å². The highest BCUT2D eigenvalue weighted by atomic mass is 16.1. The Morgan fingerprint density at radius 1 is 1.31 bits per heavy atom. The molecule has 1 N–H and O–H groups in total. The molecule has 90 valence electrons. The Bertz CT molecular complexity index is 380. The van der Waals surface area contributed by atoms with Gasteiger partial charge in [-0.3, -0.25) is 4.79 Å². The van der Waals surface area contributed by atoms with Crippen LogP contribution in [0.1, 0.15) is 39.3 Å². The summed E-state index contributed by atoms with van der Waals surface area (Å²) < 4.78 is 1.77. The summed E-state index contributed by atoms with van der Waals surface area (Å²) in [7, 11) is 0. The second-order valence-electron chi connectivity index (χ2n) is 4.86. The van der Waals surface area contributed by atoms with Crippen LogP contribution in [-0.2, 0) is 6.54 Å². The van der Waals surface area contributed by atoms with Gasteiger partial charge >= 0.3 is 0 Å². The molecule has 0 bridgehead atoms. The molecule has 0 radical (unpaired) electrons. The summed E-state index contributed by atoms with van der Waals surface area (Å²) in [6.07, 6.45) is 1.85. The Kier molecular flexibility index (Phi) is 4.74. The smallest absolute Gasteiger partial charge is 0.255 e. The highest BCUT2D eigenvalue weighted by molar-refractivity contribution is 5.10. The quantitative estimate of drug-likeness (QED) is 0.828. The van der Waals surface area contributed by atoms with E-state index in [2.05, 4.69) is 19.2 Å². The zero-order valence-corrected chi connectivity index (χ0v) is 10.7. The fraction of sp³-hybridized carbons (Fsp3) is 0.615. The zero-order chi connectivity index (χ0) is 12.1. The molecule has 0 aliphatic rings. The van der Waals surface area contributed by atoms with E-state index in [-0.39, 0.29) is 11.6 Å². The van der Waals surface area contributed by atoms with Crippen LogP contribution >= 0.6 is 0 Å². The Morgan fingerprint density at radius 3 is 2.56 bits per heavy atom. The van der Waals surface area contributed by atoms with Crippen LogP contribution in [0.4, 0.5) is 0 Å². The molecule has 1 rings (SSSR count). The number of rotatable bonds is 5. The second-order valence-corrected chi connectivity index (χ2v) is 4.86. The van der Waals surface area contributed by atoms with Gasteiger partial charge in [0.05, 0.1) is 0 Å². The van der Waals surface area contributed by atoms with Gasteiger partial charge in [-0.15, -0.1) is 0 Å². The van der Waals surface area contributed by atoms with E-state index in [1.165, 1.54) is 0 Å². The lowest BCUT2D eigenvalue weighted by atomic mass is 10.2. The largest absolute Gasteiger partial charge is 0.313 e. The van der Waals surface area contributed by atoms with Crippen molar-refractivity contribution in [2.24, 2.45) is 5.92 Å². The Labute approximate surface area is 97.5 Å². The van der Waals surface area contributed by atoms with Gasteiger partial charge in [0.2, 0.25) is 0 Å². The minimum absolute atomic E-state index is 0.119. The molecule has 0 unspecified atom stereocenters. The van der Waals surface area contributed by atoms with Crippen molar-refractivity contribution >= 4 is 0 Å². The molecule has 0 spiro atoms. The molecule has 3 heteroatoms. The summed E-state index contributed by atoms with van der Waals surface area (Å²) >= 11 is 0. The van der Waals surface area contributed by atoms with Crippen LogP contribution in [0.3, 0.4) is 0 Å². The van der Waals surface area contributed by atoms with E-state index in [0.717, 1.165) is 12.1 Å². The number of nitrogens with one attached hydrogen (secondary N) is 1. The Hall–Kier alpha value is -1.09. The van der Waals surface area contributed by atoms with Gasteiger partial charge in [-0.05, 0) is 32.4 Å². The van der Waals surface area contributed by atoms with Crippen molar-refractivity contribution in [3.8, 4) is 0 Å². The molecule has 1 aromatic rings. The first-order chi connectivity index (χ1) is 7.52. The highest BCUT2D eigenvalue weighted by Crippen LogP contribution is 2.01. The van der Waals surface area contributed by atoms with E-state index >= 15 is 0 Å². The van der Waals surface area contributed by atoms with E-state index in [4.69, 9.17) is 0 Å². The van der Waals surface area contributed by atoms with E-state index in [0.29, 0.717) is 12.5 Å². The van der Waals surface area contributed by atoms with Gasteiger partial charge in [-0.1, -0.05) is 19.9 Å². The maximum absolute atomic E-state index is 12.0. The first-order valence-electron chi connectivity index (χ1n) is 5.93. The van der Waals surface area contributed by atoms with Gasteiger partial charge < -0.3 is 9.88 Å². The first kappa shape index (κ1) is 13.0. The second kappa shape index (κ2) is 5.85. The van der Waals surface area contributed by atoms with Crippen LogP contribution in [-0.4, -0.2) is 11.1 Å². The number of nitrogens with zero attached hydrogens (tertiary/aromatic N) is 1. The minimum Gasteiger partial charge on any atom is -0.313 e. The average molecular weight is 222 g/mol. The summed E-state index contributed by atoms with van der Waals surface area (Å²) in [6.45, 7) is 9.95. The summed E-state index contributed by atoms with van der Waals surface area (Å²) in [5.41, 5.74) is 0.964. The molecule has 1 aromatic heterocycles. The molecule has 0 amide bonds. The third kappa shape index (κ3) is 3.49. The standard InChI is InChI=1S/C13H22N2O/c1-10(2)8-14-9-12-6-5-7-15(11(3)4)13(12)16/h5-7,10-11,14H,8-9H2,1-4H3. The van der Waals surface area contributed by atoms with Gasteiger partial charge in [0.1, 0.15) is 0 Å². The number of hydrogen-bond donors (Lipinski definition) is 1. The van der Waals surface area contributed by atoms with Crippen LogP contribution in [0.25, 0.3) is 0 Å². The van der Waals surface area contributed by atoms with Crippen LogP contribution in [0, 0.1) is 5.92 Å².